The Kier molecular flexibility index (Phi) is 5.17. The normalized spacial score (nSPS) is 14.8. The fraction of sp³-hybridized carbons (Fsp3) is 0.273. The summed E-state index contributed by atoms with van der Waals surface area (Å²) < 4.78 is 25.0. The summed E-state index contributed by atoms with van der Waals surface area (Å²) in [4.78, 5) is 17.4. The number of hydrogen-bond acceptors (Lipinski definition) is 8. The van der Waals surface area contributed by atoms with E-state index >= 15 is 0 Å². The number of methoxy groups -OCH3 is 1. The van der Waals surface area contributed by atoms with Gasteiger partial charge in [0.15, 0.2) is 0 Å². The second-order valence-electron chi connectivity index (χ2n) is 7.33. The van der Waals surface area contributed by atoms with Crippen LogP contribution >= 0.6 is 0 Å². The van der Waals surface area contributed by atoms with Crippen LogP contribution in [0.4, 0.5) is 10.2 Å². The largest absolute Gasteiger partial charge is 0.497 e. The molecule has 0 N–H and O–H groups in total. The van der Waals surface area contributed by atoms with Crippen molar-refractivity contribution in [1.82, 2.24) is 25.0 Å². The molecule has 1 fully saturated rings. The summed E-state index contributed by atoms with van der Waals surface area (Å²) in [7, 11) is 1.63. The molecule has 1 saturated heterocycles. The number of ether oxygens (including phenoxy) is 1. The first-order chi connectivity index (χ1) is 15.2. The maximum Gasteiger partial charge on any atom is 0.241 e. The van der Waals surface area contributed by atoms with Gasteiger partial charge in [-0.3, -0.25) is 4.90 Å². The van der Waals surface area contributed by atoms with Gasteiger partial charge in [-0.25, -0.2) is 14.4 Å². The summed E-state index contributed by atoms with van der Waals surface area (Å²) in [6.07, 6.45) is 1.49. The lowest BCUT2D eigenvalue weighted by Gasteiger charge is -2.35. The van der Waals surface area contributed by atoms with Gasteiger partial charge in [0.1, 0.15) is 23.7 Å². The highest BCUT2D eigenvalue weighted by Gasteiger charge is 2.23. The molecule has 3 heterocycles. The van der Waals surface area contributed by atoms with E-state index in [0.717, 1.165) is 37.5 Å². The molecule has 9 heteroatoms. The highest BCUT2D eigenvalue weighted by molar-refractivity contribution is 5.89. The fourth-order valence-corrected chi connectivity index (χ4v) is 3.78. The number of piperazine rings is 1. The summed E-state index contributed by atoms with van der Waals surface area (Å²) in [5.74, 6) is 2.24. The highest BCUT2D eigenvalue weighted by atomic mass is 19.1. The Bertz CT molecular complexity index is 1180. The lowest BCUT2D eigenvalue weighted by molar-refractivity contribution is 0.215. The molecule has 5 rings (SSSR count). The molecular weight excluding hydrogens is 399 g/mol. The van der Waals surface area contributed by atoms with E-state index in [-0.39, 0.29) is 5.82 Å². The first-order valence-corrected chi connectivity index (χ1v) is 10.0. The molecule has 8 nitrogen and oxygen atoms in total. The second kappa shape index (κ2) is 8.27. The molecule has 0 atom stereocenters. The fourth-order valence-electron chi connectivity index (χ4n) is 3.78. The van der Waals surface area contributed by atoms with Crippen molar-refractivity contribution < 1.29 is 13.7 Å². The minimum absolute atomic E-state index is 0.299. The van der Waals surface area contributed by atoms with Gasteiger partial charge in [0.25, 0.3) is 0 Å². The molecule has 0 unspecified atom stereocenters. The maximum absolute atomic E-state index is 14.4. The van der Waals surface area contributed by atoms with Crippen molar-refractivity contribution in [3.8, 4) is 17.1 Å². The van der Waals surface area contributed by atoms with Crippen LogP contribution in [-0.2, 0) is 6.54 Å². The average Bonchev–Trinajstić information content (AvgIpc) is 3.28. The molecule has 0 amide bonds. The van der Waals surface area contributed by atoms with Gasteiger partial charge in [-0.1, -0.05) is 11.2 Å². The van der Waals surface area contributed by atoms with Crippen molar-refractivity contribution >= 4 is 16.7 Å². The molecule has 31 heavy (non-hydrogen) atoms. The van der Waals surface area contributed by atoms with Crippen LogP contribution in [0.3, 0.4) is 0 Å². The highest BCUT2D eigenvalue weighted by Crippen LogP contribution is 2.26. The van der Waals surface area contributed by atoms with Gasteiger partial charge in [-0.2, -0.15) is 4.98 Å². The van der Waals surface area contributed by atoms with Crippen LogP contribution < -0.4 is 9.64 Å². The standard InChI is InChI=1S/C22H21FN6O2/c1-30-16-7-5-15(6-8-16)21-26-19(31-27-21)13-28-9-11-29(12-10-28)22-20-17(23)3-2-4-18(20)24-14-25-22/h2-8,14H,9-13H2,1H3. The predicted octanol–water partition coefficient (Wildman–Crippen LogP) is 3.15. The van der Waals surface area contributed by atoms with E-state index in [1.54, 1.807) is 19.2 Å². The van der Waals surface area contributed by atoms with Crippen molar-refractivity contribution in [3.05, 3.63) is 60.5 Å². The monoisotopic (exact) mass is 420 g/mol. The van der Waals surface area contributed by atoms with Gasteiger partial charge < -0.3 is 14.2 Å². The van der Waals surface area contributed by atoms with Crippen LogP contribution in [0.2, 0.25) is 0 Å². The van der Waals surface area contributed by atoms with Crippen molar-refractivity contribution in [3.63, 3.8) is 0 Å². The minimum Gasteiger partial charge on any atom is -0.497 e. The van der Waals surface area contributed by atoms with Crippen molar-refractivity contribution in [2.75, 3.05) is 38.2 Å². The molecule has 1 aliphatic heterocycles. The summed E-state index contributed by atoms with van der Waals surface area (Å²) in [6, 6.07) is 12.4. The summed E-state index contributed by atoms with van der Waals surface area (Å²) in [6.45, 7) is 3.57. The van der Waals surface area contributed by atoms with Gasteiger partial charge in [0.2, 0.25) is 11.7 Å². The smallest absolute Gasteiger partial charge is 0.241 e. The molecule has 0 bridgehead atoms. The summed E-state index contributed by atoms with van der Waals surface area (Å²) in [5, 5.41) is 4.56. The predicted molar refractivity (Wildman–Crippen MR) is 113 cm³/mol. The number of hydrogen-bond donors (Lipinski definition) is 0. The number of nitrogens with zero attached hydrogens (tertiary/aromatic N) is 6. The van der Waals surface area contributed by atoms with E-state index in [2.05, 4.69) is 29.9 Å². The quantitative estimate of drug-likeness (QED) is 0.487. The van der Waals surface area contributed by atoms with E-state index < -0.39 is 0 Å². The number of aromatic nitrogens is 4. The van der Waals surface area contributed by atoms with Gasteiger partial charge in [-0.05, 0) is 36.4 Å². The number of fused-ring (bicyclic) bond motifs is 1. The molecule has 158 valence electrons. The molecule has 0 spiro atoms. The SMILES string of the molecule is COc1ccc(-c2noc(CN3CCN(c4ncnc5cccc(F)c45)CC3)n2)cc1. The zero-order valence-corrected chi connectivity index (χ0v) is 17.0. The molecule has 1 aliphatic rings. The van der Waals surface area contributed by atoms with Crippen molar-refractivity contribution in [1.29, 1.82) is 0 Å². The topological polar surface area (TPSA) is 80.4 Å². The van der Waals surface area contributed by atoms with Crippen molar-refractivity contribution in [2.24, 2.45) is 0 Å². The zero-order valence-electron chi connectivity index (χ0n) is 17.0. The van der Waals surface area contributed by atoms with Crippen LogP contribution in [-0.4, -0.2) is 58.3 Å². The Morgan fingerprint density at radius 2 is 1.84 bits per heavy atom. The Morgan fingerprint density at radius 3 is 2.61 bits per heavy atom. The first kappa shape index (κ1) is 19.4. The average molecular weight is 420 g/mol. The Morgan fingerprint density at radius 1 is 1.03 bits per heavy atom. The maximum atomic E-state index is 14.4. The summed E-state index contributed by atoms with van der Waals surface area (Å²) in [5.41, 5.74) is 1.49. The number of rotatable bonds is 5. The Labute approximate surface area is 178 Å². The zero-order chi connectivity index (χ0) is 21.2. The number of halogens is 1. The van der Waals surface area contributed by atoms with Crippen molar-refractivity contribution in [2.45, 2.75) is 6.54 Å². The molecule has 2 aromatic heterocycles. The van der Waals surface area contributed by atoms with Gasteiger partial charge in [0.05, 0.1) is 24.6 Å². The van der Waals surface area contributed by atoms with E-state index in [4.69, 9.17) is 9.26 Å². The lowest BCUT2D eigenvalue weighted by atomic mass is 10.2. The summed E-state index contributed by atoms with van der Waals surface area (Å²) >= 11 is 0. The van der Waals surface area contributed by atoms with Crippen LogP contribution in [0.5, 0.6) is 5.75 Å². The van der Waals surface area contributed by atoms with E-state index in [0.29, 0.717) is 35.0 Å². The lowest BCUT2D eigenvalue weighted by Crippen LogP contribution is -2.46. The van der Waals surface area contributed by atoms with E-state index in [1.807, 2.05) is 24.3 Å². The van der Waals surface area contributed by atoms with E-state index in [9.17, 15) is 4.39 Å². The second-order valence-corrected chi connectivity index (χ2v) is 7.33. The third-order valence-corrected chi connectivity index (χ3v) is 5.44. The molecular formula is C22H21FN6O2. The Balaban J connectivity index is 1.24. The van der Waals surface area contributed by atoms with Crippen LogP contribution in [0.1, 0.15) is 5.89 Å². The molecule has 0 saturated carbocycles. The number of benzene rings is 2. The third kappa shape index (κ3) is 3.91. The minimum atomic E-state index is -0.299. The van der Waals surface area contributed by atoms with Crippen LogP contribution in [0, 0.1) is 5.82 Å². The molecule has 4 aromatic rings. The molecule has 0 aliphatic carbocycles. The third-order valence-electron chi connectivity index (χ3n) is 5.44. The van der Waals surface area contributed by atoms with E-state index in [1.165, 1.54) is 12.4 Å². The van der Waals surface area contributed by atoms with Gasteiger partial charge in [0, 0.05) is 31.7 Å². The van der Waals surface area contributed by atoms with Gasteiger partial charge >= 0.3 is 0 Å². The number of anilines is 1. The Hall–Kier alpha value is -3.59. The van der Waals surface area contributed by atoms with Gasteiger partial charge in [-0.15, -0.1) is 0 Å². The van der Waals surface area contributed by atoms with Crippen LogP contribution in [0.25, 0.3) is 22.3 Å². The molecule has 0 radical (unpaired) electrons. The van der Waals surface area contributed by atoms with Crippen LogP contribution in [0.15, 0.2) is 53.3 Å². The molecule has 2 aromatic carbocycles. The first-order valence-electron chi connectivity index (χ1n) is 10.0.